The number of sulfonamides is 1. The van der Waals surface area contributed by atoms with E-state index in [1.165, 1.54) is 11.8 Å². The molecular weight excluding hydrogens is 344 g/mol. The molecule has 0 spiro atoms. The Morgan fingerprint density at radius 2 is 2.04 bits per heavy atom. The summed E-state index contributed by atoms with van der Waals surface area (Å²) in [5, 5.41) is 9.23. The van der Waals surface area contributed by atoms with Crippen molar-refractivity contribution in [2.45, 2.75) is 31.1 Å². The number of nitrogens with one attached hydrogen (secondary N) is 1. The summed E-state index contributed by atoms with van der Waals surface area (Å²) in [6.45, 7) is 6.36. The lowest BCUT2D eigenvalue weighted by Crippen LogP contribution is -2.31. The second-order valence-corrected chi connectivity index (χ2v) is 8.08. The molecule has 0 amide bonds. The summed E-state index contributed by atoms with van der Waals surface area (Å²) in [7, 11) is -3.38. The van der Waals surface area contributed by atoms with Crippen molar-refractivity contribution in [1.29, 1.82) is 0 Å². The van der Waals surface area contributed by atoms with E-state index in [0.717, 1.165) is 22.7 Å². The van der Waals surface area contributed by atoms with Crippen LogP contribution < -0.4 is 4.72 Å². The van der Waals surface area contributed by atoms with Crippen LogP contribution >= 0.6 is 11.8 Å². The highest BCUT2D eigenvalue weighted by Crippen LogP contribution is 2.23. The first-order valence-corrected chi connectivity index (χ1v) is 10.5. The van der Waals surface area contributed by atoms with Gasteiger partial charge in [-0.25, -0.2) is 13.1 Å². The number of hydrogen-bond donors (Lipinski definition) is 1. The van der Waals surface area contributed by atoms with Gasteiger partial charge in [0.25, 0.3) is 0 Å². The molecule has 1 aromatic carbocycles. The summed E-state index contributed by atoms with van der Waals surface area (Å²) in [6, 6.07) is 9.27. The normalized spacial score (nSPS) is 12.9. The first-order valence-electron chi connectivity index (χ1n) is 7.62. The van der Waals surface area contributed by atoms with Crippen LogP contribution in [0.25, 0.3) is 0 Å². The predicted octanol–water partition coefficient (Wildman–Crippen LogP) is 2.41. The van der Waals surface area contributed by atoms with Gasteiger partial charge in [-0.3, -0.25) is 0 Å². The van der Waals surface area contributed by atoms with Crippen LogP contribution in [0.1, 0.15) is 24.4 Å². The van der Waals surface area contributed by atoms with Crippen LogP contribution in [-0.2, 0) is 23.0 Å². The number of aromatic nitrogens is 3. The fourth-order valence-electron chi connectivity index (χ4n) is 2.39. The van der Waals surface area contributed by atoms with Gasteiger partial charge in [-0.1, -0.05) is 48.2 Å². The van der Waals surface area contributed by atoms with Gasteiger partial charge in [-0.2, -0.15) is 0 Å². The Bertz CT molecular complexity index is 773. The fraction of sp³-hybridized carbons (Fsp3) is 0.375. The molecule has 0 saturated carbocycles. The number of thioether (sulfide) groups is 1. The lowest BCUT2D eigenvalue weighted by Gasteiger charge is -2.18. The minimum Gasteiger partial charge on any atom is -0.305 e. The topological polar surface area (TPSA) is 76.9 Å². The number of hydrogen-bond acceptors (Lipinski definition) is 5. The van der Waals surface area contributed by atoms with Crippen molar-refractivity contribution in [2.75, 3.05) is 12.0 Å². The van der Waals surface area contributed by atoms with Gasteiger partial charge >= 0.3 is 0 Å². The van der Waals surface area contributed by atoms with Crippen molar-refractivity contribution >= 4 is 21.8 Å². The third-order valence-corrected chi connectivity index (χ3v) is 5.02. The first kappa shape index (κ1) is 18.7. The van der Waals surface area contributed by atoms with Crippen molar-refractivity contribution in [3.63, 3.8) is 0 Å². The van der Waals surface area contributed by atoms with Gasteiger partial charge in [0, 0.05) is 12.3 Å². The molecule has 0 saturated heterocycles. The molecule has 6 nitrogen and oxygen atoms in total. The van der Waals surface area contributed by atoms with E-state index in [2.05, 4.69) is 21.5 Å². The van der Waals surface area contributed by atoms with Crippen molar-refractivity contribution < 1.29 is 8.42 Å². The second kappa shape index (κ2) is 8.46. The van der Waals surface area contributed by atoms with Gasteiger partial charge in [-0.15, -0.1) is 16.8 Å². The Balaban J connectivity index is 2.35. The van der Waals surface area contributed by atoms with Gasteiger partial charge in [0.05, 0.1) is 12.3 Å². The van der Waals surface area contributed by atoms with E-state index in [-0.39, 0.29) is 0 Å². The molecule has 0 fully saturated rings. The summed E-state index contributed by atoms with van der Waals surface area (Å²) in [6.07, 6.45) is 3.47. The lowest BCUT2D eigenvalue weighted by molar-refractivity contribution is 0.521. The number of benzene rings is 1. The van der Waals surface area contributed by atoms with Crippen molar-refractivity contribution in [3.8, 4) is 0 Å². The maximum atomic E-state index is 11.8. The maximum absolute atomic E-state index is 11.8. The smallest absolute Gasteiger partial charge is 0.209 e. The zero-order valence-electron chi connectivity index (χ0n) is 13.8. The second-order valence-electron chi connectivity index (χ2n) is 5.32. The number of nitrogens with zero attached hydrogens (tertiary/aromatic N) is 3. The van der Waals surface area contributed by atoms with Crippen LogP contribution in [0, 0.1) is 0 Å². The average Bonchev–Trinajstić information content (AvgIpc) is 2.94. The zero-order chi connectivity index (χ0) is 17.6. The van der Waals surface area contributed by atoms with E-state index in [1.807, 2.05) is 41.8 Å². The van der Waals surface area contributed by atoms with Crippen LogP contribution in [0.4, 0.5) is 0 Å². The lowest BCUT2D eigenvalue weighted by atomic mass is 10.1. The predicted molar refractivity (Wildman–Crippen MR) is 97.5 cm³/mol. The molecule has 1 aromatic heterocycles. The molecule has 0 aliphatic rings. The highest BCUT2D eigenvalue weighted by Gasteiger charge is 2.24. The summed E-state index contributed by atoms with van der Waals surface area (Å²) in [5.74, 6) is 1.35. The monoisotopic (exact) mass is 366 g/mol. The summed E-state index contributed by atoms with van der Waals surface area (Å²) in [5.41, 5.74) is 1.03. The third kappa shape index (κ3) is 5.19. The molecule has 0 aliphatic heterocycles. The van der Waals surface area contributed by atoms with Gasteiger partial charge < -0.3 is 4.57 Å². The van der Waals surface area contributed by atoms with Crippen molar-refractivity contribution in [1.82, 2.24) is 19.5 Å². The van der Waals surface area contributed by atoms with Crippen molar-refractivity contribution in [2.24, 2.45) is 0 Å². The average molecular weight is 367 g/mol. The maximum Gasteiger partial charge on any atom is 0.209 e. The molecule has 1 unspecified atom stereocenters. The Kier molecular flexibility index (Phi) is 6.59. The molecule has 1 atom stereocenters. The van der Waals surface area contributed by atoms with Crippen molar-refractivity contribution in [3.05, 3.63) is 54.4 Å². The molecule has 1 N–H and O–H groups in total. The van der Waals surface area contributed by atoms with Crippen LogP contribution in [0.15, 0.2) is 48.1 Å². The van der Waals surface area contributed by atoms with Crippen LogP contribution in [0.2, 0.25) is 0 Å². The Hall–Kier alpha value is -1.64. The molecule has 1 heterocycles. The molecule has 130 valence electrons. The van der Waals surface area contributed by atoms with Crippen LogP contribution in [-0.4, -0.2) is 35.2 Å². The molecule has 24 heavy (non-hydrogen) atoms. The minimum absolute atomic E-state index is 0.465. The summed E-state index contributed by atoms with van der Waals surface area (Å²) >= 11 is 1.53. The molecular formula is C16H22N4O2S2. The third-order valence-electron chi connectivity index (χ3n) is 3.34. The molecule has 2 aromatic rings. The van der Waals surface area contributed by atoms with Gasteiger partial charge in [0.15, 0.2) is 11.0 Å². The highest BCUT2D eigenvalue weighted by atomic mass is 32.2. The van der Waals surface area contributed by atoms with Gasteiger partial charge in [0.1, 0.15) is 0 Å². The Labute approximate surface area is 147 Å². The van der Waals surface area contributed by atoms with Crippen LogP contribution in [0.5, 0.6) is 0 Å². The first-order chi connectivity index (χ1) is 11.4. The number of rotatable bonds is 9. The summed E-state index contributed by atoms with van der Waals surface area (Å²) in [4.78, 5) is 0. The van der Waals surface area contributed by atoms with Gasteiger partial charge in [-0.05, 0) is 18.9 Å². The van der Waals surface area contributed by atoms with E-state index >= 15 is 0 Å². The quantitative estimate of drug-likeness (QED) is 0.545. The summed E-state index contributed by atoms with van der Waals surface area (Å²) < 4.78 is 28.2. The Morgan fingerprint density at radius 1 is 1.33 bits per heavy atom. The standard InChI is InChI=1S/C16H22N4O2S2/c1-4-11-23-16-18-17-15(20(16)5-2)14(19-24(3,21)22)12-13-9-7-6-8-10-13/h4,6-10,14,19H,1,5,11-12H2,2-3H3. The van der Waals surface area contributed by atoms with E-state index < -0.39 is 16.1 Å². The molecule has 0 bridgehead atoms. The molecule has 2 rings (SSSR count). The minimum atomic E-state index is -3.38. The fourth-order valence-corrected chi connectivity index (χ4v) is 3.84. The molecule has 8 heteroatoms. The van der Waals surface area contributed by atoms with Gasteiger partial charge in [0.2, 0.25) is 10.0 Å². The van der Waals surface area contributed by atoms with E-state index in [9.17, 15) is 8.42 Å². The van der Waals surface area contributed by atoms with Crippen LogP contribution in [0.3, 0.4) is 0 Å². The Morgan fingerprint density at radius 3 is 2.62 bits per heavy atom. The van der Waals surface area contributed by atoms with E-state index in [0.29, 0.717) is 18.8 Å². The van der Waals surface area contributed by atoms with E-state index in [4.69, 9.17) is 0 Å². The zero-order valence-corrected chi connectivity index (χ0v) is 15.5. The highest BCUT2D eigenvalue weighted by molar-refractivity contribution is 7.99. The largest absolute Gasteiger partial charge is 0.305 e. The van der Waals surface area contributed by atoms with E-state index in [1.54, 1.807) is 6.08 Å². The SMILES string of the molecule is C=CCSc1nnc(C(Cc2ccccc2)NS(C)(=O)=O)n1CC. The molecule has 0 aliphatic carbocycles. The molecule has 0 radical (unpaired) electrons.